The van der Waals surface area contributed by atoms with Crippen LogP contribution in [0.3, 0.4) is 0 Å². The highest BCUT2D eigenvalue weighted by molar-refractivity contribution is 8.14. The van der Waals surface area contributed by atoms with Crippen molar-refractivity contribution >= 4 is 22.8 Å². The normalized spacial score (nSPS) is 15.6. The molecule has 0 radical (unpaired) electrons. The Hall–Kier alpha value is -1.76. The molecule has 2 rings (SSSR count). The van der Waals surface area contributed by atoms with Gasteiger partial charge in [-0.1, -0.05) is 16.9 Å². The van der Waals surface area contributed by atoms with E-state index < -0.39 is 5.97 Å². The van der Waals surface area contributed by atoms with E-state index in [9.17, 15) is 9.59 Å². The topological polar surface area (TPSA) is 80.9 Å². The minimum Gasteiger partial charge on any atom is -0.462 e. The van der Waals surface area contributed by atoms with Crippen LogP contribution >= 0.6 is 11.8 Å². The number of oxime groups is 1. The van der Waals surface area contributed by atoms with Crippen molar-refractivity contribution < 1.29 is 14.7 Å². The third-order valence-corrected chi connectivity index (χ3v) is 3.95. The predicted molar refractivity (Wildman–Crippen MR) is 71.1 cm³/mol. The van der Waals surface area contributed by atoms with Gasteiger partial charge in [0.15, 0.2) is 0 Å². The molecule has 1 aliphatic rings. The summed E-state index contributed by atoms with van der Waals surface area (Å²) in [5.41, 5.74) is 0.178. The minimum absolute atomic E-state index is 0.0299. The number of nitrogens with zero attached hydrogens (tertiary/aromatic N) is 2. The first kappa shape index (κ1) is 13.7. The van der Waals surface area contributed by atoms with Gasteiger partial charge in [-0.05, 0) is 13.8 Å². The minimum atomic E-state index is -0.614. The highest BCUT2D eigenvalue weighted by atomic mass is 32.2. The summed E-state index contributed by atoms with van der Waals surface area (Å²) in [6.07, 6.45) is 1.76. The van der Waals surface area contributed by atoms with Gasteiger partial charge in [0.2, 0.25) is 5.43 Å². The van der Waals surface area contributed by atoms with Crippen LogP contribution in [0.1, 0.15) is 29.8 Å². The molecule has 0 atom stereocenters. The summed E-state index contributed by atoms with van der Waals surface area (Å²) < 4.78 is 6.68. The number of carbonyl (C=O) groups is 1. The SMILES string of the molecule is CCOC(=O)c1cn(CC)c2c(c1=O)CC(=NO)S2. The molecule has 0 aliphatic carbocycles. The van der Waals surface area contributed by atoms with Crippen molar-refractivity contribution in [2.45, 2.75) is 31.8 Å². The van der Waals surface area contributed by atoms with Crippen LogP contribution in [-0.2, 0) is 17.7 Å². The van der Waals surface area contributed by atoms with Crippen LogP contribution in [0.2, 0.25) is 0 Å². The Balaban J connectivity index is 2.57. The average Bonchev–Trinajstić information content (AvgIpc) is 2.84. The van der Waals surface area contributed by atoms with Crippen LogP contribution in [0.4, 0.5) is 0 Å². The molecule has 0 saturated heterocycles. The molecule has 1 aromatic heterocycles. The Bertz CT molecular complexity index is 606. The number of fused-ring (bicyclic) bond motifs is 1. The zero-order valence-electron chi connectivity index (χ0n) is 10.7. The van der Waals surface area contributed by atoms with Crippen molar-refractivity contribution in [3.63, 3.8) is 0 Å². The highest BCUT2D eigenvalue weighted by Gasteiger charge is 2.27. The summed E-state index contributed by atoms with van der Waals surface area (Å²) in [6.45, 7) is 4.44. The molecule has 1 aliphatic heterocycles. The maximum absolute atomic E-state index is 12.2. The zero-order chi connectivity index (χ0) is 14.0. The first-order chi connectivity index (χ1) is 9.12. The largest absolute Gasteiger partial charge is 0.462 e. The summed E-state index contributed by atoms with van der Waals surface area (Å²) in [5.74, 6) is -0.614. The Morgan fingerprint density at radius 3 is 2.89 bits per heavy atom. The van der Waals surface area contributed by atoms with E-state index in [4.69, 9.17) is 9.94 Å². The number of rotatable bonds is 3. The molecule has 7 heteroatoms. The van der Waals surface area contributed by atoms with Crippen LogP contribution in [0.15, 0.2) is 21.2 Å². The second-order valence-corrected chi connectivity index (χ2v) is 5.00. The van der Waals surface area contributed by atoms with Crippen molar-refractivity contribution in [3.05, 3.63) is 27.5 Å². The number of esters is 1. The van der Waals surface area contributed by atoms with Gasteiger partial charge < -0.3 is 14.5 Å². The van der Waals surface area contributed by atoms with Crippen molar-refractivity contribution in [2.75, 3.05) is 6.61 Å². The fourth-order valence-corrected chi connectivity index (χ4v) is 2.99. The molecule has 1 aromatic rings. The van der Waals surface area contributed by atoms with E-state index in [0.29, 0.717) is 17.2 Å². The zero-order valence-corrected chi connectivity index (χ0v) is 11.5. The molecule has 0 saturated carbocycles. The van der Waals surface area contributed by atoms with Gasteiger partial charge >= 0.3 is 5.97 Å². The molecule has 19 heavy (non-hydrogen) atoms. The number of thioether (sulfide) groups is 1. The van der Waals surface area contributed by atoms with E-state index in [2.05, 4.69) is 5.16 Å². The maximum atomic E-state index is 12.2. The number of ether oxygens (including phenoxy) is 1. The average molecular weight is 282 g/mol. The van der Waals surface area contributed by atoms with Crippen LogP contribution < -0.4 is 5.43 Å². The smallest absolute Gasteiger partial charge is 0.343 e. The summed E-state index contributed by atoms with van der Waals surface area (Å²) in [4.78, 5) is 24.0. The first-order valence-electron chi connectivity index (χ1n) is 5.94. The third kappa shape index (κ3) is 2.37. The van der Waals surface area contributed by atoms with Gasteiger partial charge in [0.05, 0.1) is 11.6 Å². The van der Waals surface area contributed by atoms with Crippen molar-refractivity contribution in [1.29, 1.82) is 0 Å². The molecule has 1 N–H and O–H groups in total. The number of aryl methyl sites for hydroxylation is 1. The van der Waals surface area contributed by atoms with E-state index in [-0.39, 0.29) is 24.0 Å². The number of aromatic nitrogens is 1. The van der Waals surface area contributed by atoms with Crippen LogP contribution in [0, 0.1) is 0 Å². The Kier molecular flexibility index (Phi) is 3.94. The lowest BCUT2D eigenvalue weighted by atomic mass is 10.1. The molecule has 0 aromatic carbocycles. The molecule has 0 amide bonds. The molecule has 102 valence electrons. The van der Waals surface area contributed by atoms with Gasteiger partial charge in [0, 0.05) is 24.7 Å². The Morgan fingerprint density at radius 2 is 2.32 bits per heavy atom. The molecule has 0 spiro atoms. The highest BCUT2D eigenvalue weighted by Crippen LogP contribution is 2.31. The van der Waals surface area contributed by atoms with E-state index in [1.54, 1.807) is 11.5 Å². The van der Waals surface area contributed by atoms with E-state index >= 15 is 0 Å². The number of hydrogen-bond donors (Lipinski definition) is 1. The van der Waals surface area contributed by atoms with Gasteiger partial charge in [-0.25, -0.2) is 4.79 Å². The van der Waals surface area contributed by atoms with Gasteiger partial charge in [-0.15, -0.1) is 0 Å². The molecule has 0 unspecified atom stereocenters. The fraction of sp³-hybridized carbons (Fsp3) is 0.417. The molecular formula is C12H14N2O4S. The first-order valence-corrected chi connectivity index (χ1v) is 6.76. The van der Waals surface area contributed by atoms with Gasteiger partial charge in [0.1, 0.15) is 10.6 Å². The monoisotopic (exact) mass is 282 g/mol. The number of hydrogen-bond acceptors (Lipinski definition) is 6. The second kappa shape index (κ2) is 5.48. The molecule has 6 nitrogen and oxygen atoms in total. The fourth-order valence-electron chi connectivity index (χ4n) is 1.93. The lowest BCUT2D eigenvalue weighted by Gasteiger charge is -2.11. The summed E-state index contributed by atoms with van der Waals surface area (Å²) in [7, 11) is 0. The van der Waals surface area contributed by atoms with Crippen molar-refractivity contribution in [3.8, 4) is 0 Å². The third-order valence-electron chi connectivity index (χ3n) is 2.81. The summed E-state index contributed by atoms with van der Waals surface area (Å²) in [5, 5.41) is 13.1. The van der Waals surface area contributed by atoms with Gasteiger partial charge in [-0.3, -0.25) is 4.79 Å². The van der Waals surface area contributed by atoms with Crippen LogP contribution in [0.5, 0.6) is 0 Å². The second-order valence-electron chi connectivity index (χ2n) is 3.93. The lowest BCUT2D eigenvalue weighted by Crippen LogP contribution is -2.23. The molecule has 0 fully saturated rings. The Morgan fingerprint density at radius 1 is 1.58 bits per heavy atom. The van der Waals surface area contributed by atoms with E-state index in [0.717, 1.165) is 5.03 Å². The predicted octanol–water partition coefficient (Wildman–Crippen LogP) is 1.48. The van der Waals surface area contributed by atoms with E-state index in [1.807, 2.05) is 6.92 Å². The summed E-state index contributed by atoms with van der Waals surface area (Å²) >= 11 is 1.25. The molecular weight excluding hydrogens is 268 g/mol. The molecule has 0 bridgehead atoms. The number of carbonyl (C=O) groups excluding carboxylic acids is 1. The quantitative estimate of drug-likeness (QED) is 0.516. The lowest BCUT2D eigenvalue weighted by molar-refractivity contribution is 0.0523. The number of pyridine rings is 1. The van der Waals surface area contributed by atoms with Crippen LogP contribution in [0.25, 0.3) is 0 Å². The van der Waals surface area contributed by atoms with Gasteiger partial charge in [-0.2, -0.15) is 0 Å². The van der Waals surface area contributed by atoms with Crippen molar-refractivity contribution in [1.82, 2.24) is 4.57 Å². The maximum Gasteiger partial charge on any atom is 0.343 e. The standard InChI is InChI=1S/C12H14N2O4S/c1-3-14-6-8(12(16)18-4-2)10(15)7-5-9(13-17)19-11(7)14/h6,17H,3-5H2,1-2H3. The van der Waals surface area contributed by atoms with Crippen LogP contribution in [-0.4, -0.2) is 27.4 Å². The molecule has 2 heterocycles. The summed E-state index contributed by atoms with van der Waals surface area (Å²) in [6, 6.07) is 0. The van der Waals surface area contributed by atoms with Gasteiger partial charge in [0.25, 0.3) is 0 Å². The van der Waals surface area contributed by atoms with Crippen molar-refractivity contribution in [2.24, 2.45) is 5.16 Å². The van der Waals surface area contributed by atoms with E-state index in [1.165, 1.54) is 18.0 Å². The Labute approximate surface area is 114 Å².